The summed E-state index contributed by atoms with van der Waals surface area (Å²) < 4.78 is 9.67. The number of allylic oxidation sites excluding steroid dienone is 1. The molecule has 4 rings (SSSR count). The van der Waals surface area contributed by atoms with Crippen LogP contribution in [0.3, 0.4) is 0 Å². The Hall–Kier alpha value is -3.87. The Morgan fingerprint density at radius 1 is 1.10 bits per heavy atom. The average molecular weight is 402 g/mol. The number of benzene rings is 2. The number of hydrogen-bond acceptors (Lipinski definition) is 4. The van der Waals surface area contributed by atoms with Crippen molar-refractivity contribution >= 4 is 11.2 Å². The van der Waals surface area contributed by atoms with Gasteiger partial charge in [-0.05, 0) is 36.2 Å². The predicted octanol–water partition coefficient (Wildman–Crippen LogP) is 2.90. The lowest BCUT2D eigenvalue weighted by atomic mass is 10.2. The molecule has 2 aromatic heterocycles. The molecule has 7 heteroatoms. The van der Waals surface area contributed by atoms with Gasteiger partial charge in [0.05, 0.1) is 19.1 Å². The van der Waals surface area contributed by atoms with Crippen molar-refractivity contribution in [1.29, 1.82) is 0 Å². The number of rotatable bonds is 6. The summed E-state index contributed by atoms with van der Waals surface area (Å²) in [6.45, 7) is 6.17. The Morgan fingerprint density at radius 2 is 1.83 bits per heavy atom. The van der Waals surface area contributed by atoms with Crippen LogP contribution in [-0.2, 0) is 13.1 Å². The van der Waals surface area contributed by atoms with Gasteiger partial charge in [-0.15, -0.1) is 6.58 Å². The Bertz CT molecular complexity index is 1340. The maximum Gasteiger partial charge on any atom is 0.337 e. The fraction of sp³-hybridized carbons (Fsp3) is 0.174. The van der Waals surface area contributed by atoms with E-state index in [-0.39, 0.29) is 12.1 Å². The summed E-state index contributed by atoms with van der Waals surface area (Å²) in [6.07, 6.45) is 3.14. The molecular formula is C23H22N4O3. The van der Waals surface area contributed by atoms with Gasteiger partial charge in [0.2, 0.25) is 0 Å². The second-order valence-electron chi connectivity index (χ2n) is 7.00. The van der Waals surface area contributed by atoms with Crippen LogP contribution in [-0.4, -0.2) is 25.8 Å². The number of hydrogen-bond donors (Lipinski definition) is 0. The third-order valence-electron chi connectivity index (χ3n) is 5.08. The number of ether oxygens (including phenoxy) is 1. The minimum Gasteiger partial charge on any atom is -0.497 e. The van der Waals surface area contributed by atoms with Crippen molar-refractivity contribution in [2.75, 3.05) is 7.11 Å². The van der Waals surface area contributed by atoms with Crippen LogP contribution in [0.1, 0.15) is 11.1 Å². The number of aromatic nitrogens is 4. The zero-order valence-electron chi connectivity index (χ0n) is 16.9. The van der Waals surface area contributed by atoms with Crippen molar-refractivity contribution in [3.63, 3.8) is 0 Å². The molecule has 0 saturated carbocycles. The zero-order chi connectivity index (χ0) is 21.3. The van der Waals surface area contributed by atoms with Gasteiger partial charge in [0, 0.05) is 13.1 Å². The molecule has 0 saturated heterocycles. The second-order valence-corrected chi connectivity index (χ2v) is 7.00. The molecule has 0 atom stereocenters. The third kappa shape index (κ3) is 3.24. The van der Waals surface area contributed by atoms with Crippen LogP contribution in [0, 0.1) is 6.92 Å². The van der Waals surface area contributed by atoms with E-state index < -0.39 is 5.69 Å². The van der Waals surface area contributed by atoms with Crippen molar-refractivity contribution in [2.24, 2.45) is 0 Å². The quantitative estimate of drug-likeness (QED) is 0.465. The van der Waals surface area contributed by atoms with Gasteiger partial charge in [-0.3, -0.25) is 9.36 Å². The summed E-state index contributed by atoms with van der Waals surface area (Å²) in [7, 11) is 1.62. The van der Waals surface area contributed by atoms with Gasteiger partial charge in [0.1, 0.15) is 5.75 Å². The lowest BCUT2D eigenvalue weighted by molar-refractivity contribution is 0.414. The highest BCUT2D eigenvalue weighted by Gasteiger charge is 2.19. The fourth-order valence-corrected chi connectivity index (χ4v) is 3.55. The average Bonchev–Trinajstić information content (AvgIpc) is 3.16. The molecule has 0 fully saturated rings. The van der Waals surface area contributed by atoms with Gasteiger partial charge in [-0.25, -0.2) is 14.3 Å². The highest BCUT2D eigenvalue weighted by molar-refractivity contribution is 5.73. The first-order valence-electron chi connectivity index (χ1n) is 9.55. The molecule has 0 bridgehead atoms. The molecule has 7 nitrogen and oxygen atoms in total. The van der Waals surface area contributed by atoms with Crippen LogP contribution >= 0.6 is 0 Å². The number of fused-ring (bicyclic) bond motifs is 1. The van der Waals surface area contributed by atoms with Gasteiger partial charge >= 0.3 is 5.69 Å². The summed E-state index contributed by atoms with van der Waals surface area (Å²) in [5.41, 5.74) is 2.48. The number of methoxy groups -OCH3 is 1. The Balaban J connectivity index is 1.97. The van der Waals surface area contributed by atoms with Crippen molar-refractivity contribution < 1.29 is 4.74 Å². The van der Waals surface area contributed by atoms with E-state index in [0.29, 0.717) is 23.4 Å². The highest BCUT2D eigenvalue weighted by atomic mass is 16.5. The van der Waals surface area contributed by atoms with Gasteiger partial charge in [0.15, 0.2) is 11.2 Å². The first-order valence-corrected chi connectivity index (χ1v) is 9.55. The number of imidazole rings is 1. The van der Waals surface area contributed by atoms with Crippen molar-refractivity contribution in [2.45, 2.75) is 20.0 Å². The predicted molar refractivity (Wildman–Crippen MR) is 117 cm³/mol. The first kappa shape index (κ1) is 19.4. The number of aryl methyl sites for hydroxylation is 1. The van der Waals surface area contributed by atoms with Crippen LogP contribution in [0.2, 0.25) is 0 Å². The maximum absolute atomic E-state index is 13.2. The second kappa shape index (κ2) is 7.87. The summed E-state index contributed by atoms with van der Waals surface area (Å²) in [5.74, 6) is 0.760. The van der Waals surface area contributed by atoms with E-state index in [2.05, 4.69) is 11.6 Å². The molecule has 152 valence electrons. The van der Waals surface area contributed by atoms with E-state index in [4.69, 9.17) is 4.74 Å². The SMILES string of the molecule is C=CCn1c(=O)c2c(ncn2Cc2ccc(OC)cc2)n(-c2ccccc2C)c1=O. The van der Waals surface area contributed by atoms with E-state index in [1.807, 2.05) is 55.5 Å². The lowest BCUT2D eigenvalue weighted by Crippen LogP contribution is -2.40. The standard InChI is InChI=1S/C23H22N4O3/c1-4-13-26-22(28)20-21(27(23(26)29)19-8-6-5-7-16(19)2)24-15-25(20)14-17-9-11-18(30-3)12-10-17/h4-12,15H,1,13-14H2,2-3H3. The summed E-state index contributed by atoms with van der Waals surface area (Å²) in [6, 6.07) is 15.1. The minimum absolute atomic E-state index is 0.118. The minimum atomic E-state index is -0.434. The molecule has 0 N–H and O–H groups in total. The molecule has 0 unspecified atom stereocenters. The zero-order valence-corrected chi connectivity index (χ0v) is 16.9. The van der Waals surface area contributed by atoms with E-state index >= 15 is 0 Å². The molecule has 0 radical (unpaired) electrons. The smallest absolute Gasteiger partial charge is 0.337 e. The molecular weight excluding hydrogens is 380 g/mol. The molecule has 30 heavy (non-hydrogen) atoms. The van der Waals surface area contributed by atoms with Gasteiger partial charge in [-0.1, -0.05) is 36.4 Å². The van der Waals surface area contributed by atoms with E-state index in [1.54, 1.807) is 24.1 Å². The third-order valence-corrected chi connectivity index (χ3v) is 5.08. The normalized spacial score (nSPS) is 11.0. The topological polar surface area (TPSA) is 71.0 Å². The van der Waals surface area contributed by atoms with E-state index in [9.17, 15) is 9.59 Å². The van der Waals surface area contributed by atoms with Crippen LogP contribution in [0.5, 0.6) is 5.75 Å². The largest absolute Gasteiger partial charge is 0.497 e. The van der Waals surface area contributed by atoms with E-state index in [0.717, 1.165) is 16.9 Å². The number of para-hydroxylation sites is 1. The van der Waals surface area contributed by atoms with Crippen molar-refractivity contribution in [1.82, 2.24) is 18.7 Å². The Morgan fingerprint density at radius 3 is 2.50 bits per heavy atom. The van der Waals surface area contributed by atoms with E-state index in [1.165, 1.54) is 9.13 Å². The highest BCUT2D eigenvalue weighted by Crippen LogP contribution is 2.18. The molecule has 0 amide bonds. The molecule has 0 aliphatic rings. The van der Waals surface area contributed by atoms with Crippen molar-refractivity contribution in [3.05, 3.63) is 99.5 Å². The van der Waals surface area contributed by atoms with Crippen LogP contribution < -0.4 is 16.0 Å². The summed E-state index contributed by atoms with van der Waals surface area (Å²) in [5, 5.41) is 0. The molecule has 2 heterocycles. The molecule has 0 aliphatic heterocycles. The first-order chi connectivity index (χ1) is 14.5. The maximum atomic E-state index is 13.2. The molecule has 4 aromatic rings. The van der Waals surface area contributed by atoms with Gasteiger partial charge in [-0.2, -0.15) is 0 Å². The monoisotopic (exact) mass is 402 g/mol. The lowest BCUT2D eigenvalue weighted by Gasteiger charge is -2.13. The molecule has 0 aliphatic carbocycles. The van der Waals surface area contributed by atoms with Gasteiger partial charge in [0.25, 0.3) is 5.56 Å². The molecule has 2 aromatic carbocycles. The Kier molecular flexibility index (Phi) is 5.10. The Labute approximate surface area is 173 Å². The number of nitrogens with zero attached hydrogens (tertiary/aromatic N) is 4. The van der Waals surface area contributed by atoms with Crippen LogP contribution in [0.15, 0.2) is 77.1 Å². The molecule has 0 spiro atoms. The fourth-order valence-electron chi connectivity index (χ4n) is 3.55. The van der Waals surface area contributed by atoms with Crippen LogP contribution in [0.25, 0.3) is 16.9 Å². The summed E-state index contributed by atoms with van der Waals surface area (Å²) >= 11 is 0. The van der Waals surface area contributed by atoms with Crippen molar-refractivity contribution in [3.8, 4) is 11.4 Å². The van der Waals surface area contributed by atoms with Crippen LogP contribution in [0.4, 0.5) is 0 Å². The van der Waals surface area contributed by atoms with Gasteiger partial charge < -0.3 is 9.30 Å². The summed E-state index contributed by atoms with van der Waals surface area (Å²) in [4.78, 5) is 30.9.